The van der Waals surface area contributed by atoms with Crippen molar-refractivity contribution in [2.75, 3.05) is 18.4 Å². The van der Waals surface area contributed by atoms with Crippen LogP contribution >= 0.6 is 0 Å². The third kappa shape index (κ3) is 3.68. The molecule has 0 unspecified atom stereocenters. The fourth-order valence-corrected chi connectivity index (χ4v) is 4.41. The molecule has 140 valence electrons. The number of nitro groups is 1. The smallest absolute Gasteiger partial charge is 0.290 e. The van der Waals surface area contributed by atoms with Crippen LogP contribution < -0.4 is 5.32 Å². The van der Waals surface area contributed by atoms with Crippen molar-refractivity contribution in [3.63, 3.8) is 0 Å². The van der Waals surface area contributed by atoms with Gasteiger partial charge in [-0.25, -0.2) is 13.4 Å². The van der Waals surface area contributed by atoms with E-state index in [4.69, 9.17) is 0 Å². The van der Waals surface area contributed by atoms with Crippen LogP contribution in [0, 0.1) is 17.0 Å². The first-order valence-corrected chi connectivity index (χ1v) is 9.58. The molecule has 1 saturated heterocycles. The zero-order chi connectivity index (χ0) is 18.9. The van der Waals surface area contributed by atoms with Gasteiger partial charge in [0.15, 0.2) is 0 Å². The highest BCUT2D eigenvalue weighted by Crippen LogP contribution is 2.24. The SMILES string of the molecule is Cc1cc(NC2CCN(S(=O)(=O)c3cnn(C)c3)CC2)ncc1[N+](=O)[O-]. The van der Waals surface area contributed by atoms with E-state index < -0.39 is 14.9 Å². The van der Waals surface area contributed by atoms with E-state index in [0.29, 0.717) is 37.3 Å². The second-order valence-electron chi connectivity index (χ2n) is 6.29. The molecule has 0 bridgehead atoms. The lowest BCUT2D eigenvalue weighted by molar-refractivity contribution is -0.385. The molecule has 1 N–H and O–H groups in total. The average Bonchev–Trinajstić information content (AvgIpc) is 3.02. The van der Waals surface area contributed by atoms with Crippen LogP contribution in [0.15, 0.2) is 29.6 Å². The average molecular weight is 380 g/mol. The van der Waals surface area contributed by atoms with E-state index >= 15 is 0 Å². The van der Waals surface area contributed by atoms with Gasteiger partial charge in [0, 0.05) is 37.9 Å². The number of aromatic nitrogens is 3. The highest BCUT2D eigenvalue weighted by atomic mass is 32.2. The zero-order valence-corrected chi connectivity index (χ0v) is 15.3. The Bertz CT molecular complexity index is 918. The number of nitrogens with zero attached hydrogens (tertiary/aromatic N) is 5. The van der Waals surface area contributed by atoms with Gasteiger partial charge in [0.25, 0.3) is 5.69 Å². The van der Waals surface area contributed by atoms with Crippen LogP contribution in [0.3, 0.4) is 0 Å². The molecule has 1 fully saturated rings. The van der Waals surface area contributed by atoms with Crippen LogP contribution in [-0.4, -0.2) is 51.5 Å². The van der Waals surface area contributed by atoms with Gasteiger partial charge in [-0.1, -0.05) is 0 Å². The molecule has 1 aliphatic rings. The number of aryl methyl sites for hydroxylation is 2. The Morgan fingerprint density at radius 3 is 2.54 bits per heavy atom. The molecule has 26 heavy (non-hydrogen) atoms. The van der Waals surface area contributed by atoms with Crippen molar-refractivity contribution in [3.8, 4) is 0 Å². The van der Waals surface area contributed by atoms with Gasteiger partial charge in [0.1, 0.15) is 16.9 Å². The molecule has 11 heteroatoms. The van der Waals surface area contributed by atoms with Gasteiger partial charge in [0.05, 0.1) is 11.1 Å². The molecular weight excluding hydrogens is 360 g/mol. The number of nitrogens with one attached hydrogen (secondary N) is 1. The lowest BCUT2D eigenvalue weighted by atomic mass is 10.1. The summed E-state index contributed by atoms with van der Waals surface area (Å²) in [5.74, 6) is 0.557. The number of anilines is 1. The molecule has 0 saturated carbocycles. The van der Waals surface area contributed by atoms with Crippen LogP contribution in [0.25, 0.3) is 0 Å². The summed E-state index contributed by atoms with van der Waals surface area (Å²) in [4.78, 5) is 14.7. The van der Waals surface area contributed by atoms with E-state index in [1.807, 2.05) is 0 Å². The standard InChI is InChI=1S/C15H20N6O4S/c1-11-7-15(16-9-14(11)21(22)23)18-12-3-5-20(6-4-12)26(24,25)13-8-17-19(2)10-13/h7-10,12H,3-6H2,1-2H3,(H,16,18). The van der Waals surface area contributed by atoms with E-state index in [-0.39, 0.29) is 16.6 Å². The van der Waals surface area contributed by atoms with Crippen molar-refractivity contribution in [2.24, 2.45) is 7.05 Å². The zero-order valence-electron chi connectivity index (χ0n) is 14.5. The predicted octanol–water partition coefficient (Wildman–Crippen LogP) is 1.30. The minimum atomic E-state index is -3.53. The van der Waals surface area contributed by atoms with Gasteiger partial charge in [-0.05, 0) is 25.8 Å². The van der Waals surface area contributed by atoms with Gasteiger partial charge in [-0.15, -0.1) is 0 Å². The van der Waals surface area contributed by atoms with Gasteiger partial charge in [-0.2, -0.15) is 9.40 Å². The molecule has 0 amide bonds. The highest BCUT2D eigenvalue weighted by molar-refractivity contribution is 7.89. The molecule has 3 heterocycles. The number of pyridine rings is 1. The number of rotatable bonds is 5. The monoisotopic (exact) mass is 380 g/mol. The summed E-state index contributed by atoms with van der Waals surface area (Å²) >= 11 is 0. The molecule has 0 aliphatic carbocycles. The fraction of sp³-hybridized carbons (Fsp3) is 0.467. The van der Waals surface area contributed by atoms with Crippen LogP contribution in [0.5, 0.6) is 0 Å². The Morgan fingerprint density at radius 1 is 1.31 bits per heavy atom. The maximum Gasteiger partial charge on any atom is 0.290 e. The van der Waals surface area contributed by atoms with Crippen molar-refractivity contribution in [3.05, 3.63) is 40.3 Å². The maximum atomic E-state index is 12.6. The van der Waals surface area contributed by atoms with Crippen LogP contribution in [0.2, 0.25) is 0 Å². The van der Waals surface area contributed by atoms with E-state index in [2.05, 4.69) is 15.4 Å². The maximum absolute atomic E-state index is 12.6. The van der Waals surface area contributed by atoms with E-state index in [1.165, 1.54) is 27.6 Å². The van der Waals surface area contributed by atoms with Crippen molar-refractivity contribution < 1.29 is 13.3 Å². The van der Waals surface area contributed by atoms with Crippen LogP contribution in [0.1, 0.15) is 18.4 Å². The molecule has 1 aliphatic heterocycles. The molecule has 2 aromatic rings. The molecular formula is C15H20N6O4S. The molecule has 0 aromatic carbocycles. The van der Waals surface area contributed by atoms with E-state index in [1.54, 1.807) is 20.0 Å². The lowest BCUT2D eigenvalue weighted by Crippen LogP contribution is -2.42. The third-order valence-electron chi connectivity index (χ3n) is 4.40. The molecule has 10 nitrogen and oxygen atoms in total. The minimum Gasteiger partial charge on any atom is -0.367 e. The Kier molecular flexibility index (Phi) is 4.92. The summed E-state index contributed by atoms with van der Waals surface area (Å²) in [6.45, 7) is 2.44. The normalized spacial score (nSPS) is 16.5. The first kappa shape index (κ1) is 18.3. The van der Waals surface area contributed by atoms with E-state index in [9.17, 15) is 18.5 Å². The van der Waals surface area contributed by atoms with Gasteiger partial charge in [0.2, 0.25) is 10.0 Å². The number of hydrogen-bond acceptors (Lipinski definition) is 7. The summed E-state index contributed by atoms with van der Waals surface area (Å²) in [7, 11) is -1.85. The Labute approximate surface area is 151 Å². The molecule has 0 radical (unpaired) electrons. The van der Waals surface area contributed by atoms with Gasteiger partial charge < -0.3 is 5.32 Å². The summed E-state index contributed by atoms with van der Waals surface area (Å²) in [5.41, 5.74) is 0.511. The third-order valence-corrected chi connectivity index (χ3v) is 6.26. The number of sulfonamides is 1. The van der Waals surface area contributed by atoms with Gasteiger partial charge in [-0.3, -0.25) is 14.8 Å². The Balaban J connectivity index is 1.62. The van der Waals surface area contributed by atoms with Crippen molar-refractivity contribution in [1.29, 1.82) is 0 Å². The first-order chi connectivity index (χ1) is 12.3. The second-order valence-corrected chi connectivity index (χ2v) is 8.22. The molecule has 2 aromatic heterocycles. The molecule has 3 rings (SSSR count). The summed E-state index contributed by atoms with van der Waals surface area (Å²) < 4.78 is 28.1. The minimum absolute atomic E-state index is 0.0204. The Morgan fingerprint density at radius 2 is 2.00 bits per heavy atom. The number of hydrogen-bond donors (Lipinski definition) is 1. The summed E-state index contributed by atoms with van der Waals surface area (Å²) in [6, 6.07) is 1.69. The van der Waals surface area contributed by atoms with Gasteiger partial charge >= 0.3 is 0 Å². The lowest BCUT2D eigenvalue weighted by Gasteiger charge is -2.31. The van der Waals surface area contributed by atoms with Crippen LogP contribution in [0.4, 0.5) is 11.5 Å². The summed E-state index contributed by atoms with van der Waals surface area (Å²) in [5, 5.41) is 18.0. The largest absolute Gasteiger partial charge is 0.367 e. The van der Waals surface area contributed by atoms with Crippen molar-refractivity contribution in [2.45, 2.75) is 30.7 Å². The van der Waals surface area contributed by atoms with Crippen LogP contribution in [-0.2, 0) is 17.1 Å². The predicted molar refractivity (Wildman–Crippen MR) is 94.2 cm³/mol. The topological polar surface area (TPSA) is 123 Å². The van der Waals surface area contributed by atoms with E-state index in [0.717, 1.165) is 0 Å². The Hall–Kier alpha value is -2.53. The first-order valence-electron chi connectivity index (χ1n) is 8.14. The summed E-state index contributed by atoms with van der Waals surface area (Å²) in [6.07, 6.45) is 5.32. The van der Waals surface area contributed by atoms with Crippen molar-refractivity contribution in [1.82, 2.24) is 19.1 Å². The molecule has 0 atom stereocenters. The quantitative estimate of drug-likeness (QED) is 0.612. The highest BCUT2D eigenvalue weighted by Gasteiger charge is 2.30. The second kappa shape index (κ2) is 7.00. The van der Waals surface area contributed by atoms with Crippen molar-refractivity contribution >= 4 is 21.5 Å². The molecule has 0 spiro atoms. The number of piperidine rings is 1. The fourth-order valence-electron chi connectivity index (χ4n) is 2.95.